The lowest BCUT2D eigenvalue weighted by molar-refractivity contribution is -0.108. The molecule has 0 saturated carbocycles. The molecule has 0 spiro atoms. The van der Waals surface area contributed by atoms with E-state index in [1.807, 2.05) is 6.07 Å². The van der Waals surface area contributed by atoms with Crippen molar-refractivity contribution in [2.45, 2.75) is 19.3 Å². The molecule has 4 heteroatoms. The number of carboxylic acid groups (broad SMARTS) is 1. The van der Waals surface area contributed by atoms with Gasteiger partial charge in [0.05, 0.1) is 0 Å². The molecule has 0 fully saturated rings. The Morgan fingerprint density at radius 2 is 2.26 bits per heavy atom. The highest BCUT2D eigenvalue weighted by molar-refractivity contribution is 5.98. The number of rotatable bonds is 5. The zero-order valence-electron chi connectivity index (χ0n) is 10.6. The van der Waals surface area contributed by atoms with Crippen LogP contribution in [0.25, 0.3) is 11.0 Å². The highest BCUT2D eigenvalue weighted by atomic mass is 16.4. The number of allylic oxidation sites excluding steroid dienone is 1. The van der Waals surface area contributed by atoms with Crippen molar-refractivity contribution in [2.75, 3.05) is 0 Å². The average Bonchev–Trinajstić information content (AvgIpc) is 2.79. The molecule has 0 aliphatic carbocycles. The monoisotopic (exact) mass is 258 g/mol. The molecule has 1 aromatic carbocycles. The molecule has 0 amide bonds. The van der Waals surface area contributed by atoms with Gasteiger partial charge in [0.2, 0.25) is 5.76 Å². The standard InChI is InChI=1S/C15H14O4/c1-3-5-10-6-4-7-11-13(10)12(9(2)8-16)14(19-11)15(17)18/h3-4,6-9H,1,5H2,2H3,(H,17,18). The third kappa shape index (κ3) is 2.17. The van der Waals surface area contributed by atoms with Gasteiger partial charge < -0.3 is 14.3 Å². The van der Waals surface area contributed by atoms with Crippen molar-refractivity contribution in [3.63, 3.8) is 0 Å². The van der Waals surface area contributed by atoms with Gasteiger partial charge in [-0.1, -0.05) is 25.1 Å². The van der Waals surface area contributed by atoms with Crippen molar-refractivity contribution in [3.8, 4) is 0 Å². The summed E-state index contributed by atoms with van der Waals surface area (Å²) in [4.78, 5) is 22.3. The fraction of sp³-hybridized carbons (Fsp3) is 0.200. The Kier molecular flexibility index (Phi) is 3.51. The molecule has 0 bridgehead atoms. The van der Waals surface area contributed by atoms with E-state index in [1.54, 1.807) is 25.1 Å². The van der Waals surface area contributed by atoms with Crippen LogP contribution in [-0.4, -0.2) is 17.4 Å². The van der Waals surface area contributed by atoms with Crippen molar-refractivity contribution in [1.82, 2.24) is 0 Å². The summed E-state index contributed by atoms with van der Waals surface area (Å²) >= 11 is 0. The van der Waals surface area contributed by atoms with Crippen molar-refractivity contribution in [2.24, 2.45) is 0 Å². The van der Waals surface area contributed by atoms with E-state index < -0.39 is 11.9 Å². The predicted molar refractivity (Wildman–Crippen MR) is 71.6 cm³/mol. The van der Waals surface area contributed by atoms with Crippen LogP contribution in [0.4, 0.5) is 0 Å². The topological polar surface area (TPSA) is 67.5 Å². The smallest absolute Gasteiger partial charge is 0.372 e. The van der Waals surface area contributed by atoms with Crippen LogP contribution < -0.4 is 0 Å². The zero-order valence-corrected chi connectivity index (χ0v) is 10.6. The van der Waals surface area contributed by atoms with Crippen LogP contribution in [0.15, 0.2) is 35.3 Å². The van der Waals surface area contributed by atoms with Crippen molar-refractivity contribution >= 4 is 23.2 Å². The van der Waals surface area contributed by atoms with E-state index in [2.05, 4.69) is 6.58 Å². The Hall–Kier alpha value is -2.36. The minimum absolute atomic E-state index is 0.161. The maximum atomic E-state index is 11.3. The van der Waals surface area contributed by atoms with E-state index in [-0.39, 0.29) is 5.76 Å². The quantitative estimate of drug-likeness (QED) is 0.660. The molecule has 4 nitrogen and oxygen atoms in total. The third-order valence-corrected chi connectivity index (χ3v) is 3.06. The minimum atomic E-state index is -1.16. The van der Waals surface area contributed by atoms with E-state index in [1.165, 1.54) is 0 Å². The second-order valence-electron chi connectivity index (χ2n) is 4.36. The number of hydrogen-bond acceptors (Lipinski definition) is 3. The lowest BCUT2D eigenvalue weighted by Gasteiger charge is -2.05. The van der Waals surface area contributed by atoms with Gasteiger partial charge in [-0.15, -0.1) is 6.58 Å². The number of carbonyl (C=O) groups excluding carboxylic acids is 1. The molecule has 98 valence electrons. The summed E-state index contributed by atoms with van der Waals surface area (Å²) in [5, 5.41) is 9.91. The number of carbonyl (C=O) groups is 2. The van der Waals surface area contributed by atoms with E-state index in [0.29, 0.717) is 23.0 Å². The summed E-state index contributed by atoms with van der Waals surface area (Å²) in [5.74, 6) is -1.85. The second-order valence-corrected chi connectivity index (χ2v) is 4.36. The van der Waals surface area contributed by atoms with Crippen molar-refractivity contribution in [3.05, 3.63) is 47.7 Å². The average molecular weight is 258 g/mol. The second kappa shape index (κ2) is 5.10. The number of aldehydes is 1. The van der Waals surface area contributed by atoms with Gasteiger partial charge in [-0.05, 0) is 18.1 Å². The fourth-order valence-corrected chi connectivity index (χ4v) is 2.23. The first kappa shape index (κ1) is 13.1. The molecule has 0 saturated heterocycles. The Labute approximate surface area is 110 Å². The first-order valence-electron chi connectivity index (χ1n) is 5.94. The molecule has 0 radical (unpaired) electrons. The molecule has 1 aromatic heterocycles. The first-order chi connectivity index (χ1) is 9.10. The highest BCUT2D eigenvalue weighted by Crippen LogP contribution is 2.34. The Bertz CT molecular complexity index is 651. The van der Waals surface area contributed by atoms with Crippen LogP contribution in [-0.2, 0) is 11.2 Å². The molecule has 1 atom stereocenters. The number of fused-ring (bicyclic) bond motifs is 1. The lowest BCUT2D eigenvalue weighted by Crippen LogP contribution is -2.04. The molecular weight excluding hydrogens is 244 g/mol. The van der Waals surface area contributed by atoms with Crippen LogP contribution in [0.3, 0.4) is 0 Å². The van der Waals surface area contributed by atoms with Gasteiger partial charge in [0.25, 0.3) is 0 Å². The van der Waals surface area contributed by atoms with E-state index in [9.17, 15) is 14.7 Å². The molecule has 1 heterocycles. The van der Waals surface area contributed by atoms with Crippen molar-refractivity contribution in [1.29, 1.82) is 0 Å². The fourth-order valence-electron chi connectivity index (χ4n) is 2.23. The van der Waals surface area contributed by atoms with Gasteiger partial charge in [-0.25, -0.2) is 4.79 Å². The third-order valence-electron chi connectivity index (χ3n) is 3.06. The van der Waals surface area contributed by atoms with Crippen LogP contribution in [0.5, 0.6) is 0 Å². The van der Waals surface area contributed by atoms with Crippen LogP contribution >= 0.6 is 0 Å². The Morgan fingerprint density at radius 3 is 2.84 bits per heavy atom. The number of benzene rings is 1. The number of furan rings is 1. The first-order valence-corrected chi connectivity index (χ1v) is 5.94. The summed E-state index contributed by atoms with van der Waals surface area (Å²) < 4.78 is 5.38. The molecule has 1 unspecified atom stereocenters. The summed E-state index contributed by atoms with van der Waals surface area (Å²) in [6.45, 7) is 5.34. The Morgan fingerprint density at radius 1 is 1.53 bits per heavy atom. The summed E-state index contributed by atoms with van der Waals surface area (Å²) in [6, 6.07) is 5.38. The maximum Gasteiger partial charge on any atom is 0.372 e. The van der Waals surface area contributed by atoms with Gasteiger partial charge in [0.15, 0.2) is 0 Å². The predicted octanol–water partition coefficient (Wildman–Crippen LogP) is 3.16. The largest absolute Gasteiger partial charge is 0.475 e. The number of hydrogen-bond donors (Lipinski definition) is 1. The normalized spacial score (nSPS) is 12.3. The zero-order chi connectivity index (χ0) is 14.0. The van der Waals surface area contributed by atoms with Gasteiger partial charge in [-0.2, -0.15) is 0 Å². The van der Waals surface area contributed by atoms with E-state index in [4.69, 9.17) is 4.42 Å². The summed E-state index contributed by atoms with van der Waals surface area (Å²) in [6.07, 6.45) is 3.05. The SMILES string of the molecule is C=CCc1cccc2oc(C(=O)O)c(C(C)C=O)c12. The molecule has 2 rings (SSSR count). The maximum absolute atomic E-state index is 11.3. The van der Waals surface area contributed by atoms with E-state index >= 15 is 0 Å². The summed E-state index contributed by atoms with van der Waals surface area (Å²) in [5.41, 5.74) is 1.84. The van der Waals surface area contributed by atoms with Gasteiger partial charge in [0, 0.05) is 16.9 Å². The molecule has 19 heavy (non-hydrogen) atoms. The summed E-state index contributed by atoms with van der Waals surface area (Å²) in [7, 11) is 0. The molecule has 0 aliphatic rings. The van der Waals surface area contributed by atoms with Crippen LogP contribution in [0, 0.1) is 0 Å². The molecule has 0 aliphatic heterocycles. The minimum Gasteiger partial charge on any atom is -0.475 e. The van der Waals surface area contributed by atoms with Gasteiger partial charge in [0.1, 0.15) is 11.9 Å². The van der Waals surface area contributed by atoms with E-state index in [0.717, 1.165) is 11.8 Å². The van der Waals surface area contributed by atoms with Gasteiger partial charge >= 0.3 is 5.97 Å². The number of carboxylic acids is 1. The number of aromatic carboxylic acids is 1. The van der Waals surface area contributed by atoms with Crippen molar-refractivity contribution < 1.29 is 19.1 Å². The molecule has 1 N–H and O–H groups in total. The lowest BCUT2D eigenvalue weighted by atomic mass is 9.94. The molecule has 2 aromatic rings. The van der Waals surface area contributed by atoms with Crippen LogP contribution in [0.1, 0.15) is 34.5 Å². The van der Waals surface area contributed by atoms with Gasteiger partial charge in [-0.3, -0.25) is 0 Å². The highest BCUT2D eigenvalue weighted by Gasteiger charge is 2.25. The van der Waals surface area contributed by atoms with Crippen LogP contribution in [0.2, 0.25) is 0 Å². The Balaban J connectivity index is 2.84. The molecular formula is C15H14O4.